The number of hydrogen-bond donors (Lipinski definition) is 2. The molecule has 0 bridgehead atoms. The maximum atomic E-state index is 6.22. The molecule has 1 fully saturated rings. The zero-order valence-electron chi connectivity index (χ0n) is 13.9. The van der Waals surface area contributed by atoms with E-state index in [0.29, 0.717) is 16.0 Å². The van der Waals surface area contributed by atoms with E-state index in [9.17, 15) is 0 Å². The maximum Gasteiger partial charge on any atom is 0.205 e. The van der Waals surface area contributed by atoms with E-state index < -0.39 is 0 Å². The van der Waals surface area contributed by atoms with Gasteiger partial charge in [0, 0.05) is 36.9 Å². The lowest BCUT2D eigenvalue weighted by molar-refractivity contribution is 0.313. The first kappa shape index (κ1) is 16.5. The molecule has 5 nitrogen and oxygen atoms in total. The first-order chi connectivity index (χ1) is 12.1. The quantitative estimate of drug-likeness (QED) is 0.713. The summed E-state index contributed by atoms with van der Waals surface area (Å²) < 4.78 is 0. The fraction of sp³-hybridized carbons (Fsp3) is 0.278. The fourth-order valence-electron chi connectivity index (χ4n) is 3.04. The number of benzene rings is 2. The summed E-state index contributed by atoms with van der Waals surface area (Å²) in [5.41, 5.74) is 3.92. The van der Waals surface area contributed by atoms with E-state index in [4.69, 9.17) is 23.2 Å². The predicted octanol–water partition coefficient (Wildman–Crippen LogP) is 4.37. The van der Waals surface area contributed by atoms with Gasteiger partial charge >= 0.3 is 0 Å². The molecule has 0 spiro atoms. The van der Waals surface area contributed by atoms with Crippen molar-refractivity contribution in [1.29, 1.82) is 0 Å². The molecule has 4 rings (SSSR count). The van der Waals surface area contributed by atoms with Crippen LogP contribution in [0.25, 0.3) is 11.0 Å². The summed E-state index contributed by atoms with van der Waals surface area (Å²) >= 11 is 12.2. The minimum absolute atomic E-state index is 0.561. The molecule has 1 aromatic heterocycles. The Balaban J connectivity index is 1.57. The molecule has 0 amide bonds. The highest BCUT2D eigenvalue weighted by Crippen LogP contribution is 2.29. The van der Waals surface area contributed by atoms with Gasteiger partial charge in [-0.05, 0) is 43.4 Å². The number of imidazole rings is 1. The van der Waals surface area contributed by atoms with Crippen molar-refractivity contribution in [3.05, 3.63) is 46.4 Å². The Bertz CT molecular complexity index is 900. The van der Waals surface area contributed by atoms with E-state index >= 15 is 0 Å². The molecule has 2 N–H and O–H groups in total. The van der Waals surface area contributed by atoms with Crippen LogP contribution in [0.3, 0.4) is 0 Å². The molecule has 7 heteroatoms. The van der Waals surface area contributed by atoms with Crippen molar-refractivity contribution in [2.45, 2.75) is 0 Å². The van der Waals surface area contributed by atoms with Crippen LogP contribution in [0.15, 0.2) is 36.4 Å². The third kappa shape index (κ3) is 3.54. The van der Waals surface area contributed by atoms with Crippen LogP contribution in [-0.4, -0.2) is 48.1 Å². The number of fused-ring (bicyclic) bond motifs is 1. The number of H-pyrrole nitrogens is 1. The second-order valence-corrected chi connectivity index (χ2v) is 7.17. The Morgan fingerprint density at radius 3 is 2.60 bits per heavy atom. The van der Waals surface area contributed by atoms with E-state index in [2.05, 4.69) is 44.3 Å². The number of rotatable bonds is 3. The van der Waals surface area contributed by atoms with Gasteiger partial charge in [0.1, 0.15) is 0 Å². The van der Waals surface area contributed by atoms with Crippen molar-refractivity contribution in [3.8, 4) is 0 Å². The van der Waals surface area contributed by atoms with Crippen LogP contribution in [0.2, 0.25) is 10.0 Å². The van der Waals surface area contributed by atoms with E-state index in [1.165, 1.54) is 5.69 Å². The summed E-state index contributed by atoms with van der Waals surface area (Å²) in [6.07, 6.45) is 0. The van der Waals surface area contributed by atoms with E-state index in [1.54, 1.807) is 12.1 Å². The molecule has 1 saturated heterocycles. The SMILES string of the molecule is CN1CCN(c2ccc3nc(Nc4ccc(Cl)cc4Cl)[nH]c3c2)CC1. The van der Waals surface area contributed by atoms with Crippen LogP contribution in [0.4, 0.5) is 17.3 Å². The largest absolute Gasteiger partial charge is 0.369 e. The van der Waals surface area contributed by atoms with Crippen molar-refractivity contribution in [2.24, 2.45) is 0 Å². The number of anilines is 3. The summed E-state index contributed by atoms with van der Waals surface area (Å²) in [5, 5.41) is 4.39. The number of aromatic nitrogens is 2. The summed E-state index contributed by atoms with van der Waals surface area (Å²) in [6, 6.07) is 11.7. The summed E-state index contributed by atoms with van der Waals surface area (Å²) in [7, 11) is 2.16. The standard InChI is InChI=1S/C18H19Cl2N5/c1-24-6-8-25(9-7-24)13-3-5-16-17(11-13)23-18(22-16)21-15-4-2-12(19)10-14(15)20/h2-5,10-11H,6-9H2,1H3,(H2,21,22,23). The predicted molar refractivity (Wildman–Crippen MR) is 106 cm³/mol. The zero-order chi connectivity index (χ0) is 17.4. The molecule has 1 aliphatic heterocycles. The van der Waals surface area contributed by atoms with Crippen LogP contribution in [0.5, 0.6) is 0 Å². The topological polar surface area (TPSA) is 47.2 Å². The van der Waals surface area contributed by atoms with Crippen LogP contribution < -0.4 is 10.2 Å². The van der Waals surface area contributed by atoms with Gasteiger partial charge in [0.05, 0.1) is 21.7 Å². The van der Waals surface area contributed by atoms with Gasteiger partial charge in [0.2, 0.25) is 5.95 Å². The summed E-state index contributed by atoms with van der Waals surface area (Å²) in [5.74, 6) is 0.662. The molecule has 2 heterocycles. The molecule has 0 unspecified atom stereocenters. The fourth-order valence-corrected chi connectivity index (χ4v) is 3.49. The Hall–Kier alpha value is -1.95. The van der Waals surface area contributed by atoms with E-state index in [-0.39, 0.29) is 0 Å². The first-order valence-electron chi connectivity index (χ1n) is 8.24. The Labute approximate surface area is 156 Å². The molecule has 0 radical (unpaired) electrons. The number of piperazine rings is 1. The van der Waals surface area contributed by atoms with Gasteiger partial charge < -0.3 is 20.1 Å². The van der Waals surface area contributed by atoms with Gasteiger partial charge in [0.25, 0.3) is 0 Å². The maximum absolute atomic E-state index is 6.22. The molecule has 0 atom stereocenters. The first-order valence-corrected chi connectivity index (χ1v) is 8.99. The van der Waals surface area contributed by atoms with Gasteiger partial charge in [0.15, 0.2) is 0 Å². The van der Waals surface area contributed by atoms with E-state index in [0.717, 1.165) is 42.9 Å². The van der Waals surface area contributed by atoms with Crippen LogP contribution >= 0.6 is 23.2 Å². The average Bonchev–Trinajstić information content (AvgIpc) is 2.99. The normalized spacial score (nSPS) is 15.7. The molecule has 0 saturated carbocycles. The Kier molecular flexibility index (Phi) is 4.46. The van der Waals surface area contributed by atoms with Crippen molar-refractivity contribution in [1.82, 2.24) is 14.9 Å². The lowest BCUT2D eigenvalue weighted by Crippen LogP contribution is -2.44. The summed E-state index contributed by atoms with van der Waals surface area (Å²) in [6.45, 7) is 4.26. The molecule has 130 valence electrons. The molecule has 1 aliphatic rings. The van der Waals surface area contributed by atoms with Crippen molar-refractivity contribution in [2.75, 3.05) is 43.4 Å². The average molecular weight is 376 g/mol. The van der Waals surface area contributed by atoms with Crippen molar-refractivity contribution in [3.63, 3.8) is 0 Å². The lowest BCUT2D eigenvalue weighted by Gasteiger charge is -2.34. The van der Waals surface area contributed by atoms with Crippen molar-refractivity contribution < 1.29 is 0 Å². The summed E-state index contributed by atoms with van der Waals surface area (Å²) in [4.78, 5) is 12.7. The third-order valence-electron chi connectivity index (χ3n) is 4.52. The minimum atomic E-state index is 0.561. The van der Waals surface area contributed by atoms with Crippen LogP contribution in [0, 0.1) is 0 Å². The smallest absolute Gasteiger partial charge is 0.205 e. The molecular formula is C18H19Cl2N5. The van der Waals surface area contributed by atoms with Gasteiger partial charge in [-0.1, -0.05) is 23.2 Å². The van der Waals surface area contributed by atoms with Crippen molar-refractivity contribution >= 4 is 51.6 Å². The molecule has 0 aliphatic carbocycles. The monoisotopic (exact) mass is 375 g/mol. The second-order valence-electron chi connectivity index (χ2n) is 6.33. The van der Waals surface area contributed by atoms with Gasteiger partial charge in [-0.2, -0.15) is 0 Å². The third-order valence-corrected chi connectivity index (χ3v) is 5.07. The number of aromatic amines is 1. The number of hydrogen-bond acceptors (Lipinski definition) is 4. The number of likely N-dealkylation sites (N-methyl/N-ethyl adjacent to an activating group) is 1. The van der Waals surface area contributed by atoms with Gasteiger partial charge in [-0.25, -0.2) is 4.98 Å². The Morgan fingerprint density at radius 2 is 1.84 bits per heavy atom. The van der Waals surface area contributed by atoms with Crippen LogP contribution in [-0.2, 0) is 0 Å². The number of halogens is 2. The van der Waals surface area contributed by atoms with Crippen LogP contribution in [0.1, 0.15) is 0 Å². The molecule has 2 aromatic carbocycles. The highest BCUT2D eigenvalue weighted by Gasteiger charge is 2.15. The second kappa shape index (κ2) is 6.75. The minimum Gasteiger partial charge on any atom is -0.369 e. The molecule has 25 heavy (non-hydrogen) atoms. The Morgan fingerprint density at radius 1 is 1.04 bits per heavy atom. The van der Waals surface area contributed by atoms with Gasteiger partial charge in [-0.15, -0.1) is 0 Å². The molecule has 3 aromatic rings. The zero-order valence-corrected chi connectivity index (χ0v) is 15.4. The van der Waals surface area contributed by atoms with Gasteiger partial charge in [-0.3, -0.25) is 0 Å². The highest BCUT2D eigenvalue weighted by atomic mass is 35.5. The number of nitrogens with zero attached hydrogens (tertiary/aromatic N) is 3. The van der Waals surface area contributed by atoms with E-state index in [1.807, 2.05) is 12.1 Å². The highest BCUT2D eigenvalue weighted by molar-refractivity contribution is 6.36. The number of nitrogens with one attached hydrogen (secondary N) is 2. The lowest BCUT2D eigenvalue weighted by atomic mass is 10.2. The molecular weight excluding hydrogens is 357 g/mol.